The van der Waals surface area contributed by atoms with Crippen molar-refractivity contribution in [1.29, 1.82) is 0 Å². The van der Waals surface area contributed by atoms with Gasteiger partial charge in [-0.25, -0.2) is 0 Å². The van der Waals surface area contributed by atoms with Crippen LogP contribution in [-0.2, 0) is 6.42 Å². The molecular weight excluding hydrogens is 172 g/mol. The molecule has 1 N–H and O–H groups in total. The molecule has 1 fully saturated rings. The molecule has 0 amide bonds. The Morgan fingerprint density at radius 3 is 2.71 bits per heavy atom. The molecule has 0 spiro atoms. The zero-order valence-corrected chi connectivity index (χ0v) is 8.74. The van der Waals surface area contributed by atoms with Gasteiger partial charge in [0.2, 0.25) is 0 Å². The van der Waals surface area contributed by atoms with E-state index in [-0.39, 0.29) is 6.10 Å². The molecule has 1 aromatic rings. The average molecular weight is 190 g/mol. The first kappa shape index (κ1) is 9.72. The zero-order chi connectivity index (χ0) is 9.97. The van der Waals surface area contributed by atoms with Gasteiger partial charge in [-0.05, 0) is 43.2 Å². The Bertz CT molecular complexity index is 306. The molecule has 0 aliphatic heterocycles. The number of hydrogen-bond donors (Lipinski definition) is 1. The van der Waals surface area contributed by atoms with Gasteiger partial charge in [0.1, 0.15) is 0 Å². The first-order chi connectivity index (χ1) is 6.77. The molecule has 1 aliphatic rings. The summed E-state index contributed by atoms with van der Waals surface area (Å²) in [6.07, 6.45) is 4.37. The third-order valence-electron chi connectivity index (χ3n) is 3.36. The largest absolute Gasteiger partial charge is 0.393 e. The van der Waals surface area contributed by atoms with Crippen molar-refractivity contribution in [3.8, 4) is 0 Å². The molecule has 1 nitrogen and oxygen atoms in total. The summed E-state index contributed by atoms with van der Waals surface area (Å²) in [4.78, 5) is 0. The van der Waals surface area contributed by atoms with E-state index < -0.39 is 0 Å². The van der Waals surface area contributed by atoms with Crippen LogP contribution >= 0.6 is 0 Å². The normalized spacial score (nSPS) is 26.7. The number of rotatable bonds is 2. The standard InChI is InChI=1S/C13H18O/c1-10-5-2-3-6-11(10)9-12-7-4-8-13(12)14/h2-3,5-6,12-14H,4,7-9H2,1H3. The maximum absolute atomic E-state index is 9.74. The van der Waals surface area contributed by atoms with Crippen molar-refractivity contribution in [2.45, 2.75) is 38.7 Å². The molecule has 2 rings (SSSR count). The van der Waals surface area contributed by atoms with Gasteiger partial charge < -0.3 is 5.11 Å². The van der Waals surface area contributed by atoms with Crippen LogP contribution in [0.3, 0.4) is 0 Å². The van der Waals surface area contributed by atoms with Gasteiger partial charge in [-0.3, -0.25) is 0 Å². The van der Waals surface area contributed by atoms with Gasteiger partial charge in [0, 0.05) is 0 Å². The van der Waals surface area contributed by atoms with E-state index in [4.69, 9.17) is 0 Å². The molecule has 76 valence electrons. The van der Waals surface area contributed by atoms with Crippen LogP contribution in [0.2, 0.25) is 0 Å². The van der Waals surface area contributed by atoms with Gasteiger partial charge >= 0.3 is 0 Å². The Morgan fingerprint density at radius 1 is 1.29 bits per heavy atom. The fraction of sp³-hybridized carbons (Fsp3) is 0.538. The van der Waals surface area contributed by atoms with Crippen LogP contribution in [0.15, 0.2) is 24.3 Å². The number of hydrogen-bond acceptors (Lipinski definition) is 1. The fourth-order valence-electron chi connectivity index (χ4n) is 2.38. The molecule has 1 aromatic carbocycles. The minimum atomic E-state index is -0.0605. The molecule has 0 heterocycles. The Balaban J connectivity index is 2.07. The molecule has 0 bridgehead atoms. The topological polar surface area (TPSA) is 20.2 Å². The molecule has 14 heavy (non-hydrogen) atoms. The number of benzene rings is 1. The summed E-state index contributed by atoms with van der Waals surface area (Å²) < 4.78 is 0. The Kier molecular flexibility index (Phi) is 2.87. The highest BCUT2D eigenvalue weighted by Crippen LogP contribution is 2.29. The third kappa shape index (κ3) is 1.98. The van der Waals surface area contributed by atoms with E-state index in [0.717, 1.165) is 12.8 Å². The predicted molar refractivity (Wildman–Crippen MR) is 58.2 cm³/mol. The van der Waals surface area contributed by atoms with E-state index in [9.17, 15) is 5.11 Å². The van der Waals surface area contributed by atoms with Gasteiger partial charge in [0.05, 0.1) is 6.10 Å². The lowest BCUT2D eigenvalue weighted by atomic mass is 9.94. The van der Waals surface area contributed by atoms with E-state index in [1.165, 1.54) is 24.0 Å². The van der Waals surface area contributed by atoms with E-state index in [2.05, 4.69) is 31.2 Å². The smallest absolute Gasteiger partial charge is 0.0571 e. The lowest BCUT2D eigenvalue weighted by molar-refractivity contribution is 0.132. The van der Waals surface area contributed by atoms with E-state index in [1.807, 2.05) is 0 Å². The summed E-state index contributed by atoms with van der Waals surface area (Å²) in [5, 5.41) is 9.74. The highest BCUT2D eigenvalue weighted by Gasteiger charge is 2.25. The van der Waals surface area contributed by atoms with Crippen LogP contribution in [0.5, 0.6) is 0 Å². The molecular formula is C13H18O. The number of aliphatic hydroxyl groups is 1. The summed E-state index contributed by atoms with van der Waals surface area (Å²) in [6.45, 7) is 2.15. The van der Waals surface area contributed by atoms with Crippen LogP contribution < -0.4 is 0 Å². The van der Waals surface area contributed by atoms with Crippen molar-refractivity contribution < 1.29 is 5.11 Å². The second-order valence-corrected chi connectivity index (χ2v) is 4.39. The third-order valence-corrected chi connectivity index (χ3v) is 3.36. The maximum atomic E-state index is 9.74. The maximum Gasteiger partial charge on any atom is 0.0571 e. The molecule has 0 radical (unpaired) electrons. The lowest BCUT2D eigenvalue weighted by Gasteiger charge is -2.15. The average Bonchev–Trinajstić information content (AvgIpc) is 2.56. The van der Waals surface area contributed by atoms with Crippen LogP contribution in [0.4, 0.5) is 0 Å². The van der Waals surface area contributed by atoms with Crippen molar-refractivity contribution in [2.24, 2.45) is 5.92 Å². The summed E-state index contributed by atoms with van der Waals surface area (Å²) >= 11 is 0. The van der Waals surface area contributed by atoms with Crippen LogP contribution in [0.25, 0.3) is 0 Å². The van der Waals surface area contributed by atoms with E-state index in [1.54, 1.807) is 0 Å². The minimum absolute atomic E-state index is 0.0605. The second-order valence-electron chi connectivity index (χ2n) is 4.39. The molecule has 1 aliphatic carbocycles. The summed E-state index contributed by atoms with van der Waals surface area (Å²) in [6, 6.07) is 8.49. The molecule has 1 heteroatoms. The van der Waals surface area contributed by atoms with Gasteiger partial charge in [0.25, 0.3) is 0 Å². The Hall–Kier alpha value is -0.820. The SMILES string of the molecule is Cc1ccccc1CC1CCCC1O. The Morgan fingerprint density at radius 2 is 2.07 bits per heavy atom. The van der Waals surface area contributed by atoms with Crippen molar-refractivity contribution >= 4 is 0 Å². The zero-order valence-electron chi connectivity index (χ0n) is 8.74. The Labute approximate surface area is 85.8 Å². The molecule has 0 saturated heterocycles. The lowest BCUT2D eigenvalue weighted by Crippen LogP contribution is -2.15. The number of aliphatic hydroxyl groups excluding tert-OH is 1. The monoisotopic (exact) mass is 190 g/mol. The van der Waals surface area contributed by atoms with Gasteiger partial charge in [0.15, 0.2) is 0 Å². The molecule has 0 aromatic heterocycles. The quantitative estimate of drug-likeness (QED) is 0.760. The first-order valence-corrected chi connectivity index (χ1v) is 5.50. The molecule has 2 atom stereocenters. The first-order valence-electron chi connectivity index (χ1n) is 5.50. The number of aryl methyl sites for hydroxylation is 1. The van der Waals surface area contributed by atoms with Gasteiger partial charge in [-0.1, -0.05) is 30.7 Å². The summed E-state index contributed by atoms with van der Waals surface area (Å²) in [5.74, 6) is 0.496. The van der Waals surface area contributed by atoms with Crippen molar-refractivity contribution in [2.75, 3.05) is 0 Å². The predicted octanol–water partition coefficient (Wildman–Crippen LogP) is 2.70. The molecule has 1 saturated carbocycles. The van der Waals surface area contributed by atoms with E-state index >= 15 is 0 Å². The second kappa shape index (κ2) is 4.14. The molecule has 2 unspecified atom stereocenters. The van der Waals surface area contributed by atoms with Crippen molar-refractivity contribution in [1.82, 2.24) is 0 Å². The fourth-order valence-corrected chi connectivity index (χ4v) is 2.38. The van der Waals surface area contributed by atoms with Crippen LogP contribution in [-0.4, -0.2) is 11.2 Å². The highest BCUT2D eigenvalue weighted by molar-refractivity contribution is 5.26. The van der Waals surface area contributed by atoms with Crippen LogP contribution in [0, 0.1) is 12.8 Å². The van der Waals surface area contributed by atoms with Gasteiger partial charge in [-0.2, -0.15) is 0 Å². The van der Waals surface area contributed by atoms with Crippen molar-refractivity contribution in [3.05, 3.63) is 35.4 Å². The van der Waals surface area contributed by atoms with Crippen LogP contribution in [0.1, 0.15) is 30.4 Å². The minimum Gasteiger partial charge on any atom is -0.393 e. The van der Waals surface area contributed by atoms with Crippen molar-refractivity contribution in [3.63, 3.8) is 0 Å². The van der Waals surface area contributed by atoms with Gasteiger partial charge in [-0.15, -0.1) is 0 Å². The summed E-state index contributed by atoms with van der Waals surface area (Å²) in [5.41, 5.74) is 2.75. The van der Waals surface area contributed by atoms with E-state index in [0.29, 0.717) is 5.92 Å². The summed E-state index contributed by atoms with van der Waals surface area (Å²) in [7, 11) is 0. The highest BCUT2D eigenvalue weighted by atomic mass is 16.3.